The molecule has 0 aliphatic carbocycles. The molecule has 0 unspecified atom stereocenters. The summed E-state index contributed by atoms with van der Waals surface area (Å²) in [5.41, 5.74) is 2.80. The van der Waals surface area contributed by atoms with Crippen molar-refractivity contribution in [2.24, 2.45) is 4.99 Å². The third kappa shape index (κ3) is 5.90. The second-order valence-corrected chi connectivity index (χ2v) is 11.9. The van der Waals surface area contributed by atoms with E-state index in [2.05, 4.69) is 26.9 Å². The van der Waals surface area contributed by atoms with E-state index < -0.39 is 56.4 Å². The molecule has 4 heterocycles. The fraction of sp³-hybridized carbons (Fsp3) is 0.462. The molecule has 42 heavy (non-hydrogen) atoms. The number of benzene rings is 1. The van der Waals surface area contributed by atoms with Gasteiger partial charge in [0.05, 0.1) is 38.7 Å². The molecule has 2 aliphatic rings. The number of esters is 1. The molecule has 15 nitrogen and oxygen atoms in total. The Bertz CT molecular complexity index is 1470. The standard InChI is InChI=1S/C26H33N6O9P/c1-17(23(33)40-19-10-11-37-12-19)31-42(36,41-18-6-4-3-5-7-18)39-14-25(13-28-2)24(34)26(35,15-38-25)21-9-8-20-22(27)29-16-30-32(20)21/h3-9,16-17,19,24,34-35H,2,10-15H2,1H3,(H,31,36)(H2,27,29,30)/t17-,19-,24+,25+,26+,42-/m0/s1. The summed E-state index contributed by atoms with van der Waals surface area (Å²) in [6.07, 6.45) is -0.310. The number of aliphatic hydroxyl groups excluding tert-OH is 1. The lowest BCUT2D eigenvalue weighted by atomic mass is 9.85. The molecule has 2 aromatic heterocycles. The van der Waals surface area contributed by atoms with Crippen molar-refractivity contribution in [2.45, 2.75) is 42.8 Å². The molecule has 0 saturated carbocycles. The van der Waals surface area contributed by atoms with Gasteiger partial charge in [-0.1, -0.05) is 18.2 Å². The van der Waals surface area contributed by atoms with E-state index in [9.17, 15) is 19.6 Å². The molecule has 5 rings (SSSR count). The first kappa shape index (κ1) is 30.0. The molecule has 0 amide bonds. The Balaban J connectivity index is 1.39. The van der Waals surface area contributed by atoms with Crippen LogP contribution in [0.3, 0.4) is 0 Å². The first-order chi connectivity index (χ1) is 20.1. The van der Waals surface area contributed by atoms with E-state index in [1.165, 1.54) is 17.8 Å². The van der Waals surface area contributed by atoms with Crippen LogP contribution in [0.15, 0.2) is 53.8 Å². The molecule has 3 aromatic rings. The number of carbonyl (C=O) groups excluding carboxylic acids is 1. The van der Waals surface area contributed by atoms with Gasteiger partial charge in [-0.15, -0.1) is 0 Å². The molecule has 2 aliphatic heterocycles. The molecule has 226 valence electrons. The van der Waals surface area contributed by atoms with Gasteiger partial charge in [-0.25, -0.2) is 14.1 Å². The average molecular weight is 605 g/mol. The van der Waals surface area contributed by atoms with Gasteiger partial charge in [0.25, 0.3) is 0 Å². The minimum absolute atomic E-state index is 0.175. The summed E-state index contributed by atoms with van der Waals surface area (Å²) in [7, 11) is -4.35. The Morgan fingerprint density at radius 2 is 2.14 bits per heavy atom. The van der Waals surface area contributed by atoms with E-state index in [-0.39, 0.29) is 30.4 Å². The highest BCUT2D eigenvalue weighted by Crippen LogP contribution is 2.48. The van der Waals surface area contributed by atoms with Crippen molar-refractivity contribution in [1.82, 2.24) is 19.7 Å². The van der Waals surface area contributed by atoms with Crippen molar-refractivity contribution in [2.75, 3.05) is 38.7 Å². The number of aromatic nitrogens is 3. The predicted molar refractivity (Wildman–Crippen MR) is 149 cm³/mol. The van der Waals surface area contributed by atoms with E-state index >= 15 is 0 Å². The first-order valence-corrected chi connectivity index (χ1v) is 14.7. The van der Waals surface area contributed by atoms with Crippen LogP contribution in [-0.4, -0.2) is 94.3 Å². The SMILES string of the molecule is C=NC[C@]1(CO[P@@](=O)(N[C@@H](C)C(=O)O[C@H]2CCOC2)Oc2ccccc2)OC[C@@](O)(c2ccc3c(N)ncnn23)[C@@H]1O. The lowest BCUT2D eigenvalue weighted by molar-refractivity contribution is -0.150. The van der Waals surface area contributed by atoms with E-state index in [1.807, 2.05) is 0 Å². The number of nitrogens with two attached hydrogens (primary N) is 1. The number of para-hydroxylation sites is 1. The number of nitrogens with zero attached hydrogens (tertiary/aromatic N) is 4. The summed E-state index contributed by atoms with van der Waals surface area (Å²) in [5.74, 6) is -0.314. The average Bonchev–Trinajstić information content (AvgIpc) is 3.70. The Morgan fingerprint density at radius 3 is 2.86 bits per heavy atom. The van der Waals surface area contributed by atoms with Crippen molar-refractivity contribution in [3.63, 3.8) is 0 Å². The van der Waals surface area contributed by atoms with Gasteiger partial charge in [0.15, 0.2) is 11.4 Å². The van der Waals surface area contributed by atoms with Crippen LogP contribution in [-0.2, 0) is 33.7 Å². The molecule has 0 radical (unpaired) electrons. The molecule has 2 saturated heterocycles. The van der Waals surface area contributed by atoms with Crippen LogP contribution in [0.1, 0.15) is 19.0 Å². The second-order valence-electron chi connectivity index (χ2n) is 10.2. The number of nitrogen functional groups attached to an aromatic ring is 1. The zero-order valence-electron chi connectivity index (χ0n) is 22.9. The summed E-state index contributed by atoms with van der Waals surface area (Å²) < 4.78 is 43.6. The van der Waals surface area contributed by atoms with Gasteiger partial charge < -0.3 is 34.7 Å². The van der Waals surface area contributed by atoms with E-state index in [4.69, 9.17) is 29.0 Å². The minimum atomic E-state index is -4.35. The van der Waals surface area contributed by atoms with Crippen molar-refractivity contribution >= 4 is 31.8 Å². The molecular formula is C26H33N6O9P. The molecule has 0 bridgehead atoms. The third-order valence-corrected chi connectivity index (χ3v) is 8.78. The Morgan fingerprint density at radius 1 is 1.36 bits per heavy atom. The number of hydrogen-bond donors (Lipinski definition) is 4. The predicted octanol–water partition coefficient (Wildman–Crippen LogP) is 0.844. The minimum Gasteiger partial charge on any atom is -0.459 e. The normalized spacial score (nSPS) is 27.9. The third-order valence-electron chi connectivity index (χ3n) is 7.16. The van der Waals surface area contributed by atoms with Gasteiger partial charge >= 0.3 is 13.7 Å². The number of nitrogens with one attached hydrogen (secondary N) is 1. The maximum Gasteiger partial charge on any atom is 0.459 e. The molecular weight excluding hydrogens is 571 g/mol. The molecule has 16 heteroatoms. The smallest absolute Gasteiger partial charge is 0.459 e. The number of fused-ring (bicyclic) bond motifs is 1. The summed E-state index contributed by atoms with van der Waals surface area (Å²) in [6, 6.07) is 10.2. The van der Waals surface area contributed by atoms with Gasteiger partial charge in [0, 0.05) is 6.42 Å². The summed E-state index contributed by atoms with van der Waals surface area (Å²) in [5, 5.41) is 30.0. The highest BCUT2D eigenvalue weighted by Gasteiger charge is 2.60. The number of hydrogen-bond acceptors (Lipinski definition) is 13. The Kier molecular flexibility index (Phi) is 8.62. The van der Waals surface area contributed by atoms with Gasteiger partial charge in [0.1, 0.15) is 41.4 Å². The number of aliphatic imine (C=N–C) groups is 1. The van der Waals surface area contributed by atoms with Crippen LogP contribution in [0.25, 0.3) is 5.52 Å². The zero-order valence-corrected chi connectivity index (χ0v) is 23.8. The topological polar surface area (TPSA) is 201 Å². The van der Waals surface area contributed by atoms with Crippen molar-refractivity contribution in [1.29, 1.82) is 0 Å². The number of rotatable bonds is 12. The van der Waals surface area contributed by atoms with Gasteiger partial charge in [-0.05, 0) is 37.9 Å². The largest absolute Gasteiger partial charge is 0.459 e. The molecule has 0 spiro atoms. The van der Waals surface area contributed by atoms with Crippen molar-refractivity contribution in [3.05, 3.63) is 54.5 Å². The molecule has 5 N–H and O–H groups in total. The number of aliphatic hydroxyl groups is 2. The maximum absolute atomic E-state index is 14.1. The molecule has 2 fully saturated rings. The van der Waals surface area contributed by atoms with Gasteiger partial charge in [-0.3, -0.25) is 14.3 Å². The van der Waals surface area contributed by atoms with E-state index in [0.29, 0.717) is 18.5 Å². The summed E-state index contributed by atoms with van der Waals surface area (Å²) in [4.78, 5) is 20.6. The quantitative estimate of drug-likeness (QED) is 0.129. The van der Waals surface area contributed by atoms with Gasteiger partial charge in [-0.2, -0.15) is 10.2 Å². The fourth-order valence-corrected chi connectivity index (χ4v) is 6.44. The van der Waals surface area contributed by atoms with Crippen molar-refractivity contribution in [3.8, 4) is 5.75 Å². The second kappa shape index (κ2) is 12.1. The number of anilines is 1. The van der Waals surface area contributed by atoms with Crippen LogP contribution in [0.2, 0.25) is 0 Å². The van der Waals surface area contributed by atoms with Crippen molar-refractivity contribution < 1.29 is 42.8 Å². The first-order valence-electron chi connectivity index (χ1n) is 13.2. The monoisotopic (exact) mass is 604 g/mol. The maximum atomic E-state index is 14.1. The summed E-state index contributed by atoms with van der Waals surface area (Å²) in [6.45, 7) is 4.48. The van der Waals surface area contributed by atoms with Crippen LogP contribution >= 0.6 is 7.75 Å². The lowest BCUT2D eigenvalue weighted by Gasteiger charge is -2.34. The van der Waals surface area contributed by atoms with Crippen LogP contribution in [0.4, 0.5) is 5.82 Å². The highest BCUT2D eigenvalue weighted by molar-refractivity contribution is 7.52. The fourth-order valence-electron chi connectivity index (χ4n) is 4.90. The van der Waals surface area contributed by atoms with Crippen LogP contribution in [0, 0.1) is 0 Å². The van der Waals surface area contributed by atoms with E-state index in [1.54, 1.807) is 42.5 Å². The van der Waals surface area contributed by atoms with E-state index in [0.717, 1.165) is 0 Å². The Labute approximate surface area is 241 Å². The number of carbonyl (C=O) groups is 1. The molecule has 6 atom stereocenters. The Hall–Kier alpha value is -3.43. The zero-order chi connectivity index (χ0) is 30.0. The summed E-state index contributed by atoms with van der Waals surface area (Å²) >= 11 is 0. The van der Waals surface area contributed by atoms with Crippen LogP contribution < -0.4 is 15.3 Å². The molecule has 1 aromatic carbocycles. The van der Waals surface area contributed by atoms with Crippen LogP contribution in [0.5, 0.6) is 5.75 Å². The number of ether oxygens (including phenoxy) is 3. The highest BCUT2D eigenvalue weighted by atomic mass is 31.2. The van der Waals surface area contributed by atoms with Gasteiger partial charge in [0.2, 0.25) is 0 Å². The lowest BCUT2D eigenvalue weighted by Crippen LogP contribution is -2.53.